The summed E-state index contributed by atoms with van der Waals surface area (Å²) in [4.78, 5) is 11.1. The van der Waals surface area contributed by atoms with Crippen LogP contribution < -0.4 is 0 Å². The predicted octanol–water partition coefficient (Wildman–Crippen LogP) is 2.57. The maximum absolute atomic E-state index is 11.1. The highest BCUT2D eigenvalue weighted by Gasteiger charge is 2.16. The molecule has 13 heavy (non-hydrogen) atoms. The number of hydrogen-bond donors (Lipinski definition) is 0. The van der Waals surface area contributed by atoms with Crippen molar-refractivity contribution in [3.8, 4) is 0 Å². The number of ketones is 1. The normalized spacial score (nSPS) is 24.8. The minimum atomic E-state index is 0.157. The average Bonchev–Trinajstić information content (AvgIpc) is 2.17. The Hall–Kier alpha value is -1.37. The summed E-state index contributed by atoms with van der Waals surface area (Å²) in [6, 6.07) is 0. The third-order valence-electron chi connectivity index (χ3n) is 2.49. The van der Waals surface area contributed by atoms with Gasteiger partial charge in [-0.05, 0) is 18.9 Å². The van der Waals surface area contributed by atoms with Crippen LogP contribution in [0.1, 0.15) is 13.3 Å². The molecule has 0 radical (unpaired) electrons. The van der Waals surface area contributed by atoms with Crippen molar-refractivity contribution in [3.05, 3.63) is 47.6 Å². The first-order valence-electron chi connectivity index (χ1n) is 4.55. The lowest BCUT2D eigenvalue weighted by molar-refractivity contribution is -0.113. The first-order chi connectivity index (χ1) is 6.27. The molecular formula is C12H12O. The van der Waals surface area contributed by atoms with Gasteiger partial charge in [0.15, 0.2) is 5.78 Å². The van der Waals surface area contributed by atoms with Crippen LogP contribution in [0.4, 0.5) is 0 Å². The SMILES string of the molecule is CC(=O)C1=CC2CC=CC=C2C=C1. The molecule has 1 unspecified atom stereocenters. The number of Topliss-reactive ketones (excluding diaryl/α,β-unsaturated/α-hetero) is 1. The number of allylic oxidation sites excluding steroid dienone is 8. The first kappa shape index (κ1) is 8.24. The van der Waals surface area contributed by atoms with Crippen LogP contribution >= 0.6 is 0 Å². The quantitative estimate of drug-likeness (QED) is 0.594. The molecule has 1 atom stereocenters. The van der Waals surface area contributed by atoms with Gasteiger partial charge in [-0.25, -0.2) is 0 Å². The molecule has 2 aliphatic carbocycles. The zero-order valence-electron chi connectivity index (χ0n) is 7.66. The van der Waals surface area contributed by atoms with Gasteiger partial charge in [-0.3, -0.25) is 4.79 Å². The van der Waals surface area contributed by atoms with E-state index in [0.29, 0.717) is 5.92 Å². The molecule has 0 aromatic carbocycles. The molecule has 0 spiro atoms. The molecule has 0 saturated heterocycles. The van der Waals surface area contributed by atoms with Crippen molar-refractivity contribution in [2.75, 3.05) is 0 Å². The third-order valence-corrected chi connectivity index (χ3v) is 2.49. The van der Waals surface area contributed by atoms with Crippen molar-refractivity contribution in [2.45, 2.75) is 13.3 Å². The van der Waals surface area contributed by atoms with Gasteiger partial charge in [0.25, 0.3) is 0 Å². The maximum Gasteiger partial charge on any atom is 0.159 e. The third kappa shape index (κ3) is 1.55. The largest absolute Gasteiger partial charge is 0.295 e. The number of rotatable bonds is 1. The van der Waals surface area contributed by atoms with E-state index in [1.165, 1.54) is 5.57 Å². The maximum atomic E-state index is 11.1. The summed E-state index contributed by atoms with van der Waals surface area (Å²) in [6.07, 6.45) is 13.4. The van der Waals surface area contributed by atoms with E-state index in [2.05, 4.69) is 24.3 Å². The van der Waals surface area contributed by atoms with E-state index in [1.807, 2.05) is 12.2 Å². The molecule has 2 rings (SSSR count). The minimum absolute atomic E-state index is 0.157. The fourth-order valence-corrected chi connectivity index (χ4v) is 1.70. The second-order valence-corrected chi connectivity index (χ2v) is 3.45. The lowest BCUT2D eigenvalue weighted by atomic mass is 9.85. The monoisotopic (exact) mass is 172 g/mol. The van der Waals surface area contributed by atoms with Crippen LogP contribution in [0.15, 0.2) is 47.6 Å². The van der Waals surface area contributed by atoms with Crippen LogP contribution in [0.5, 0.6) is 0 Å². The van der Waals surface area contributed by atoms with Crippen LogP contribution in [-0.4, -0.2) is 5.78 Å². The van der Waals surface area contributed by atoms with Crippen molar-refractivity contribution in [3.63, 3.8) is 0 Å². The molecule has 0 aliphatic heterocycles. The van der Waals surface area contributed by atoms with E-state index in [9.17, 15) is 4.79 Å². The zero-order chi connectivity index (χ0) is 9.26. The smallest absolute Gasteiger partial charge is 0.159 e. The zero-order valence-corrected chi connectivity index (χ0v) is 7.66. The Balaban J connectivity index is 2.30. The Morgan fingerprint density at radius 1 is 1.46 bits per heavy atom. The molecule has 2 aliphatic rings. The van der Waals surface area contributed by atoms with Gasteiger partial charge >= 0.3 is 0 Å². The molecule has 0 amide bonds. The second-order valence-electron chi connectivity index (χ2n) is 3.45. The van der Waals surface area contributed by atoms with Crippen LogP contribution in [0.2, 0.25) is 0 Å². The molecule has 1 nitrogen and oxygen atoms in total. The topological polar surface area (TPSA) is 17.1 Å². The van der Waals surface area contributed by atoms with E-state index in [1.54, 1.807) is 6.92 Å². The Morgan fingerprint density at radius 3 is 3.08 bits per heavy atom. The molecule has 0 fully saturated rings. The molecule has 0 N–H and O–H groups in total. The summed E-state index contributed by atoms with van der Waals surface area (Å²) in [5, 5.41) is 0. The van der Waals surface area contributed by atoms with Gasteiger partial charge in [-0.1, -0.05) is 36.5 Å². The molecular weight excluding hydrogens is 160 g/mol. The highest BCUT2D eigenvalue weighted by molar-refractivity contribution is 5.96. The highest BCUT2D eigenvalue weighted by Crippen LogP contribution is 2.28. The fraction of sp³-hybridized carbons (Fsp3) is 0.250. The average molecular weight is 172 g/mol. The molecule has 1 heteroatoms. The molecule has 0 aromatic heterocycles. The predicted molar refractivity (Wildman–Crippen MR) is 53.2 cm³/mol. The number of carbonyl (C=O) groups is 1. The lowest BCUT2D eigenvalue weighted by Gasteiger charge is -2.19. The van der Waals surface area contributed by atoms with Gasteiger partial charge in [0.05, 0.1) is 0 Å². The van der Waals surface area contributed by atoms with Crippen molar-refractivity contribution in [1.82, 2.24) is 0 Å². The standard InChI is InChI=1S/C12H12O/c1-9(13)11-7-6-10-4-2-3-5-12(10)8-11/h2-4,6-8,12H,5H2,1H3. The summed E-state index contributed by atoms with van der Waals surface area (Å²) in [6.45, 7) is 1.61. The summed E-state index contributed by atoms with van der Waals surface area (Å²) in [5.41, 5.74) is 2.16. The highest BCUT2D eigenvalue weighted by atomic mass is 16.1. The molecule has 66 valence electrons. The van der Waals surface area contributed by atoms with Crippen molar-refractivity contribution in [1.29, 1.82) is 0 Å². The summed E-state index contributed by atoms with van der Waals surface area (Å²) in [7, 11) is 0. The van der Waals surface area contributed by atoms with E-state index >= 15 is 0 Å². The van der Waals surface area contributed by atoms with Gasteiger partial charge < -0.3 is 0 Å². The van der Waals surface area contributed by atoms with E-state index in [4.69, 9.17) is 0 Å². The molecule has 0 heterocycles. The van der Waals surface area contributed by atoms with Crippen LogP contribution in [0.25, 0.3) is 0 Å². The fourth-order valence-electron chi connectivity index (χ4n) is 1.70. The summed E-state index contributed by atoms with van der Waals surface area (Å²) >= 11 is 0. The van der Waals surface area contributed by atoms with Crippen LogP contribution in [-0.2, 0) is 4.79 Å². The molecule has 0 saturated carbocycles. The Morgan fingerprint density at radius 2 is 2.31 bits per heavy atom. The van der Waals surface area contributed by atoms with E-state index in [-0.39, 0.29) is 5.78 Å². The molecule has 0 aromatic rings. The van der Waals surface area contributed by atoms with E-state index in [0.717, 1.165) is 12.0 Å². The number of carbonyl (C=O) groups excluding carboxylic acids is 1. The molecule has 0 bridgehead atoms. The van der Waals surface area contributed by atoms with Crippen molar-refractivity contribution >= 4 is 5.78 Å². The van der Waals surface area contributed by atoms with E-state index < -0.39 is 0 Å². The Kier molecular flexibility index (Phi) is 2.01. The van der Waals surface area contributed by atoms with Gasteiger partial charge in [0.2, 0.25) is 0 Å². The van der Waals surface area contributed by atoms with Gasteiger partial charge in [-0.15, -0.1) is 0 Å². The van der Waals surface area contributed by atoms with Gasteiger partial charge in [0.1, 0.15) is 0 Å². The van der Waals surface area contributed by atoms with Crippen molar-refractivity contribution in [2.24, 2.45) is 5.92 Å². The van der Waals surface area contributed by atoms with Crippen molar-refractivity contribution < 1.29 is 4.79 Å². The van der Waals surface area contributed by atoms with Gasteiger partial charge in [0, 0.05) is 11.5 Å². The lowest BCUT2D eigenvalue weighted by Crippen LogP contribution is -2.08. The van der Waals surface area contributed by atoms with Crippen LogP contribution in [0, 0.1) is 5.92 Å². The summed E-state index contributed by atoms with van der Waals surface area (Å²) < 4.78 is 0. The van der Waals surface area contributed by atoms with Gasteiger partial charge in [-0.2, -0.15) is 0 Å². The number of fused-ring (bicyclic) bond motifs is 1. The number of hydrogen-bond acceptors (Lipinski definition) is 1. The first-order valence-corrected chi connectivity index (χ1v) is 4.55. The Bertz CT molecular complexity index is 353. The second kappa shape index (κ2) is 3.17. The Labute approximate surface area is 78.1 Å². The minimum Gasteiger partial charge on any atom is -0.295 e. The summed E-state index contributed by atoms with van der Waals surface area (Å²) in [5.74, 6) is 0.582. The van der Waals surface area contributed by atoms with Crippen LogP contribution in [0.3, 0.4) is 0 Å².